The molecule has 2 aromatic carbocycles. The fourth-order valence-corrected chi connectivity index (χ4v) is 3.07. The van der Waals surface area contributed by atoms with Gasteiger partial charge in [-0.1, -0.05) is 60.7 Å². The molecule has 142 valence electrons. The highest BCUT2D eigenvalue weighted by molar-refractivity contribution is 5.81. The van der Waals surface area contributed by atoms with Crippen LogP contribution in [0.4, 0.5) is 0 Å². The van der Waals surface area contributed by atoms with E-state index in [-0.39, 0.29) is 30.9 Å². The Labute approximate surface area is 160 Å². The molecular formula is C22H27N3O2. The van der Waals surface area contributed by atoms with Gasteiger partial charge in [-0.2, -0.15) is 0 Å². The molecule has 5 nitrogen and oxygen atoms in total. The van der Waals surface area contributed by atoms with Crippen LogP contribution in [0.15, 0.2) is 60.7 Å². The van der Waals surface area contributed by atoms with Crippen LogP contribution in [-0.2, 0) is 16.0 Å². The average Bonchev–Trinajstić information content (AvgIpc) is 3.46. The third-order valence-electron chi connectivity index (χ3n) is 4.59. The number of nitrogens with zero attached hydrogens (tertiary/aromatic N) is 1. The van der Waals surface area contributed by atoms with Crippen molar-refractivity contribution < 1.29 is 9.59 Å². The lowest BCUT2D eigenvalue weighted by Gasteiger charge is -2.22. The van der Waals surface area contributed by atoms with Gasteiger partial charge in [-0.15, -0.1) is 0 Å². The van der Waals surface area contributed by atoms with E-state index in [9.17, 15) is 9.59 Å². The first-order valence-corrected chi connectivity index (χ1v) is 9.46. The first-order valence-electron chi connectivity index (χ1n) is 9.46. The molecule has 1 fully saturated rings. The quantitative estimate of drug-likeness (QED) is 0.717. The van der Waals surface area contributed by atoms with Crippen LogP contribution in [-0.4, -0.2) is 42.9 Å². The van der Waals surface area contributed by atoms with Gasteiger partial charge >= 0.3 is 0 Å². The van der Waals surface area contributed by atoms with Crippen molar-refractivity contribution in [2.24, 2.45) is 0 Å². The lowest BCUT2D eigenvalue weighted by atomic mass is 9.99. The van der Waals surface area contributed by atoms with Gasteiger partial charge < -0.3 is 10.6 Å². The smallest absolute Gasteiger partial charge is 0.234 e. The summed E-state index contributed by atoms with van der Waals surface area (Å²) in [6, 6.07) is 20.4. The van der Waals surface area contributed by atoms with E-state index in [4.69, 9.17) is 0 Å². The minimum atomic E-state index is -0.102. The molecule has 0 spiro atoms. The summed E-state index contributed by atoms with van der Waals surface area (Å²) in [6.45, 7) is 0.425. The summed E-state index contributed by atoms with van der Waals surface area (Å²) in [5.41, 5.74) is 2.24. The van der Waals surface area contributed by atoms with Gasteiger partial charge in [0.05, 0.1) is 19.1 Å². The van der Waals surface area contributed by atoms with Crippen LogP contribution < -0.4 is 10.6 Å². The van der Waals surface area contributed by atoms with Crippen molar-refractivity contribution in [3.8, 4) is 0 Å². The highest BCUT2D eigenvalue weighted by Crippen LogP contribution is 2.19. The molecule has 1 aliphatic rings. The molecule has 0 radical (unpaired) electrons. The van der Waals surface area contributed by atoms with E-state index < -0.39 is 0 Å². The highest BCUT2D eigenvalue weighted by atomic mass is 16.2. The molecule has 5 heteroatoms. The summed E-state index contributed by atoms with van der Waals surface area (Å²) in [4.78, 5) is 26.2. The van der Waals surface area contributed by atoms with Crippen molar-refractivity contribution in [3.05, 3.63) is 71.8 Å². The van der Waals surface area contributed by atoms with Crippen LogP contribution in [0.5, 0.6) is 0 Å². The average molecular weight is 365 g/mol. The molecule has 2 aromatic rings. The van der Waals surface area contributed by atoms with E-state index in [0.717, 1.165) is 24.8 Å². The maximum absolute atomic E-state index is 12.6. The number of carbonyl (C=O) groups excluding carboxylic acids is 2. The Bertz CT molecular complexity index is 745. The Balaban J connectivity index is 1.57. The lowest BCUT2D eigenvalue weighted by Crippen LogP contribution is -2.42. The fourth-order valence-electron chi connectivity index (χ4n) is 3.07. The monoisotopic (exact) mass is 365 g/mol. The first-order chi connectivity index (χ1) is 13.1. The third kappa shape index (κ3) is 6.53. The van der Waals surface area contributed by atoms with Crippen molar-refractivity contribution in [1.82, 2.24) is 15.5 Å². The Morgan fingerprint density at radius 2 is 1.56 bits per heavy atom. The number of likely N-dealkylation sites (N-methyl/N-ethyl adjacent to an activating group) is 1. The highest BCUT2D eigenvalue weighted by Gasteiger charge is 2.24. The fraction of sp³-hybridized carbons (Fsp3) is 0.364. The second kappa shape index (κ2) is 9.33. The van der Waals surface area contributed by atoms with E-state index in [1.165, 1.54) is 5.56 Å². The summed E-state index contributed by atoms with van der Waals surface area (Å²) in [5, 5.41) is 6.07. The summed E-state index contributed by atoms with van der Waals surface area (Å²) < 4.78 is 0. The minimum Gasteiger partial charge on any atom is -0.352 e. The summed E-state index contributed by atoms with van der Waals surface area (Å²) >= 11 is 0. The number of hydrogen-bond donors (Lipinski definition) is 2. The number of amides is 2. The zero-order valence-corrected chi connectivity index (χ0v) is 15.7. The van der Waals surface area contributed by atoms with Gasteiger partial charge in [0.2, 0.25) is 11.8 Å². The summed E-state index contributed by atoms with van der Waals surface area (Å²) in [7, 11) is 1.79. The van der Waals surface area contributed by atoms with E-state index in [1.807, 2.05) is 48.5 Å². The summed E-state index contributed by atoms with van der Waals surface area (Å²) in [6.07, 6.45) is 2.85. The maximum atomic E-state index is 12.6. The number of carbonyl (C=O) groups is 2. The number of nitrogens with one attached hydrogen (secondary N) is 2. The van der Waals surface area contributed by atoms with Crippen LogP contribution in [0, 0.1) is 0 Å². The van der Waals surface area contributed by atoms with Crippen molar-refractivity contribution >= 4 is 11.8 Å². The van der Waals surface area contributed by atoms with E-state index >= 15 is 0 Å². The number of rotatable bonds is 9. The molecule has 1 saturated carbocycles. The molecular weight excluding hydrogens is 338 g/mol. The van der Waals surface area contributed by atoms with Crippen LogP contribution in [0.25, 0.3) is 0 Å². The number of hydrogen-bond acceptors (Lipinski definition) is 3. The molecule has 1 atom stereocenters. The van der Waals surface area contributed by atoms with Gasteiger partial charge in [0.1, 0.15) is 0 Å². The van der Waals surface area contributed by atoms with Crippen LogP contribution >= 0.6 is 0 Å². The molecule has 0 aromatic heterocycles. The second-order valence-electron chi connectivity index (χ2n) is 7.23. The van der Waals surface area contributed by atoms with Crippen LogP contribution in [0.2, 0.25) is 0 Å². The largest absolute Gasteiger partial charge is 0.352 e. The first kappa shape index (κ1) is 19.1. The van der Waals surface area contributed by atoms with Gasteiger partial charge in [-0.25, -0.2) is 0 Å². The standard InChI is InChI=1S/C22H27N3O2/c1-25(15-21(26)23-19-12-13-19)16-22(27)24-20(18-10-6-3-7-11-18)14-17-8-4-2-5-9-17/h2-11,19-20H,12-16H2,1H3,(H,23,26)(H,24,27)/t20-/m1/s1. The lowest BCUT2D eigenvalue weighted by molar-refractivity contribution is -0.125. The number of benzene rings is 2. The predicted molar refractivity (Wildman–Crippen MR) is 106 cm³/mol. The van der Waals surface area contributed by atoms with Crippen LogP contribution in [0.1, 0.15) is 30.0 Å². The van der Waals surface area contributed by atoms with Crippen molar-refractivity contribution in [2.75, 3.05) is 20.1 Å². The molecule has 1 aliphatic carbocycles. The molecule has 0 heterocycles. The van der Waals surface area contributed by atoms with Gasteiger partial charge in [0.25, 0.3) is 0 Å². The topological polar surface area (TPSA) is 61.4 Å². The molecule has 0 aliphatic heterocycles. The van der Waals surface area contributed by atoms with Crippen LogP contribution in [0.3, 0.4) is 0 Å². The zero-order valence-electron chi connectivity index (χ0n) is 15.7. The zero-order chi connectivity index (χ0) is 19.1. The second-order valence-corrected chi connectivity index (χ2v) is 7.23. The molecule has 0 saturated heterocycles. The van der Waals surface area contributed by atoms with Gasteiger partial charge in [-0.05, 0) is 37.4 Å². The van der Waals surface area contributed by atoms with E-state index in [1.54, 1.807) is 11.9 Å². The Morgan fingerprint density at radius 1 is 0.963 bits per heavy atom. The molecule has 0 unspecified atom stereocenters. The van der Waals surface area contributed by atoms with Gasteiger partial charge in [0, 0.05) is 6.04 Å². The van der Waals surface area contributed by atoms with Crippen molar-refractivity contribution in [2.45, 2.75) is 31.3 Å². The Morgan fingerprint density at radius 3 is 2.19 bits per heavy atom. The minimum absolute atomic E-state index is 0.0169. The molecule has 3 rings (SSSR count). The Hall–Kier alpha value is -2.66. The predicted octanol–water partition coefficient (Wildman–Crippen LogP) is 2.30. The third-order valence-corrected chi connectivity index (χ3v) is 4.59. The van der Waals surface area contributed by atoms with Crippen molar-refractivity contribution in [1.29, 1.82) is 0 Å². The molecule has 27 heavy (non-hydrogen) atoms. The SMILES string of the molecule is CN(CC(=O)NC1CC1)CC(=O)N[C@H](Cc1ccccc1)c1ccccc1. The molecule has 2 amide bonds. The van der Waals surface area contributed by atoms with E-state index in [0.29, 0.717) is 6.04 Å². The molecule has 2 N–H and O–H groups in total. The maximum Gasteiger partial charge on any atom is 0.234 e. The summed E-state index contributed by atoms with van der Waals surface area (Å²) in [5.74, 6) is -0.0989. The van der Waals surface area contributed by atoms with Crippen molar-refractivity contribution in [3.63, 3.8) is 0 Å². The Kier molecular flexibility index (Phi) is 6.60. The molecule has 0 bridgehead atoms. The normalized spacial score (nSPS) is 14.6. The van der Waals surface area contributed by atoms with E-state index in [2.05, 4.69) is 22.8 Å². The van der Waals surface area contributed by atoms with Gasteiger partial charge in [-0.3, -0.25) is 14.5 Å². The van der Waals surface area contributed by atoms with Gasteiger partial charge in [0.15, 0.2) is 0 Å².